The number of primary amides is 2. The fraction of sp³-hybridized carbons (Fsp3) is 0.677. The lowest BCUT2D eigenvalue weighted by atomic mass is 10.00. The number of carbonyl (C=O) groups excluding carboxylic acids is 17. The molecule has 3 fully saturated rings. The fourth-order valence-electron chi connectivity index (χ4n) is 10.4. The molecule has 0 spiro atoms. The maximum Gasteiger partial charge on any atom is 0.326 e. The molecular formula is C65H104N18O26S4. The number of amides is 17. The van der Waals surface area contributed by atoms with Crippen LogP contribution in [0.3, 0.4) is 0 Å². The number of aliphatic hydroxyl groups is 1. The molecule has 26 N–H and O–H groups in total. The van der Waals surface area contributed by atoms with Gasteiger partial charge >= 0.3 is 23.9 Å². The largest absolute Gasteiger partial charge is 0.481 e. The van der Waals surface area contributed by atoms with Crippen molar-refractivity contribution in [3.8, 4) is 0 Å². The van der Waals surface area contributed by atoms with Gasteiger partial charge in [-0.25, -0.2) is 4.79 Å². The minimum Gasteiger partial charge on any atom is -0.481 e. The number of aliphatic hydroxyl groups excluding tert-OH is 1. The van der Waals surface area contributed by atoms with Gasteiger partial charge in [0.15, 0.2) is 0 Å². The van der Waals surface area contributed by atoms with Gasteiger partial charge in [0.05, 0.1) is 38.0 Å². The van der Waals surface area contributed by atoms with Crippen LogP contribution in [0.25, 0.3) is 0 Å². The van der Waals surface area contributed by atoms with E-state index in [1.807, 2.05) is 5.32 Å². The lowest BCUT2D eigenvalue weighted by molar-refractivity contribution is -0.143. The zero-order valence-corrected chi connectivity index (χ0v) is 66.9. The predicted molar refractivity (Wildman–Crippen MR) is 405 cm³/mol. The summed E-state index contributed by atoms with van der Waals surface area (Å²) >= 11 is 0. The van der Waals surface area contributed by atoms with Crippen LogP contribution in [0, 0.1) is 23.7 Å². The van der Waals surface area contributed by atoms with Gasteiger partial charge in [0.2, 0.25) is 100 Å². The number of hydrogen-bond acceptors (Lipinski definition) is 27. The van der Waals surface area contributed by atoms with E-state index >= 15 is 0 Å². The second-order valence-corrected chi connectivity index (χ2v) is 33.1. The molecule has 0 saturated carbocycles. The Morgan fingerprint density at radius 3 is 1.48 bits per heavy atom. The van der Waals surface area contributed by atoms with E-state index in [1.54, 1.807) is 27.7 Å². The standard InChI is InChI=1S/C65H104N18O26S4/c1-25(2)15-34-55(98)80-41-24-113-110-21-38(58(101)77-37(65(108)109)16-26(3)4)71-44(87)20-69-62(105)50(30(10)84)83-61(104)40(78-51(94)29(9)70-63(106)48(27(5)6)81-57(100)35(18-43(68)86)76-64(107)49(28(7)8)82-60(41)103)23-112-111-22-39(59(102)73-32(53(96)75-34)11-13-45(88)89)79-54(97)33(12-14-46(90)91)72-56(99)36(19-47(92)93)74-52(95)31(66)17-42(67)85/h25-41,48-50,84H,11-24,66H2,1-10H3,(H2,67,85)(H2,68,86)(H,69,105)(H,70,106)(H,71,87)(H,72,99)(H,73,102)(H,74,95)(H,75,96)(H,76,107)(H,77,101)(H,78,94)(H,79,97)(H,80,98)(H,81,100)(H,82,103)(H,83,104)(H,88,89)(H,90,91)(H,92,93)(H,108,109)/t29-,30+,31-,32-,33-,34-,35-,36-,37-,38-,39-,40?,41-,48-,49-,50-/m0/s1. The monoisotopic (exact) mass is 1680 g/mol. The van der Waals surface area contributed by atoms with Crippen LogP contribution >= 0.6 is 43.2 Å². The van der Waals surface area contributed by atoms with Gasteiger partial charge in [0.25, 0.3) is 0 Å². The number of carboxylic acids is 4. The summed E-state index contributed by atoms with van der Waals surface area (Å²) in [6.07, 6.45) is -8.77. The van der Waals surface area contributed by atoms with Crippen molar-refractivity contribution in [1.29, 1.82) is 0 Å². The molecule has 113 heavy (non-hydrogen) atoms. The van der Waals surface area contributed by atoms with Crippen molar-refractivity contribution in [2.45, 2.75) is 224 Å². The Kier molecular flexibility index (Phi) is 43.0. The van der Waals surface area contributed by atoms with E-state index in [1.165, 1.54) is 27.7 Å². The molecule has 16 atom stereocenters. The first-order valence-electron chi connectivity index (χ1n) is 35.5. The summed E-state index contributed by atoms with van der Waals surface area (Å²) in [6, 6.07) is -27.7. The number of aliphatic carboxylic acids is 4. The molecule has 1 unspecified atom stereocenters. The third kappa shape index (κ3) is 36.7. The molecule has 0 aromatic carbocycles. The molecule has 3 heterocycles. The smallest absolute Gasteiger partial charge is 0.326 e. The summed E-state index contributed by atoms with van der Waals surface area (Å²) in [5.41, 5.74) is 16.4. The quantitative estimate of drug-likeness (QED) is 0.0256. The predicted octanol–water partition coefficient (Wildman–Crippen LogP) is -8.15. The lowest BCUT2D eigenvalue weighted by Gasteiger charge is -2.29. The van der Waals surface area contributed by atoms with E-state index in [0.29, 0.717) is 21.6 Å². The van der Waals surface area contributed by atoms with Gasteiger partial charge in [-0.3, -0.25) is 95.9 Å². The summed E-state index contributed by atoms with van der Waals surface area (Å²) in [5, 5.41) is 85.4. The van der Waals surface area contributed by atoms with E-state index in [-0.39, 0.29) is 18.8 Å². The molecule has 0 aromatic heterocycles. The molecule has 0 aliphatic carbocycles. The molecule has 0 radical (unpaired) electrons. The maximum atomic E-state index is 14.9. The summed E-state index contributed by atoms with van der Waals surface area (Å²) in [7, 11) is 2.59. The average molecular weight is 1680 g/mol. The molecule has 17 amide bonds. The fourth-order valence-corrected chi connectivity index (χ4v) is 15.0. The van der Waals surface area contributed by atoms with Gasteiger partial charge < -0.3 is 122 Å². The Labute approximate surface area is 664 Å². The highest BCUT2D eigenvalue weighted by molar-refractivity contribution is 8.77. The van der Waals surface area contributed by atoms with Gasteiger partial charge in [-0.1, -0.05) is 98.6 Å². The summed E-state index contributed by atoms with van der Waals surface area (Å²) in [5.74, 6) is -32.5. The van der Waals surface area contributed by atoms with Crippen molar-refractivity contribution in [1.82, 2.24) is 79.8 Å². The van der Waals surface area contributed by atoms with Gasteiger partial charge in [-0.05, 0) is 63.2 Å². The van der Waals surface area contributed by atoms with Crippen molar-refractivity contribution in [2.75, 3.05) is 29.6 Å². The Balaban J connectivity index is 3.28. The van der Waals surface area contributed by atoms with Gasteiger partial charge in [-0.15, -0.1) is 0 Å². The van der Waals surface area contributed by atoms with Crippen LogP contribution < -0.4 is 97.0 Å². The molecule has 634 valence electrons. The molecule has 0 aromatic rings. The minimum atomic E-state index is -2.11. The first-order valence-corrected chi connectivity index (χ1v) is 40.5. The summed E-state index contributed by atoms with van der Waals surface area (Å²) < 4.78 is 0. The molecule has 48 heteroatoms. The van der Waals surface area contributed by atoms with Gasteiger partial charge in [0.1, 0.15) is 84.6 Å². The zero-order valence-electron chi connectivity index (χ0n) is 63.6. The third-order valence-corrected chi connectivity index (χ3v) is 21.3. The Hall–Kier alpha value is -9.81. The van der Waals surface area contributed by atoms with Crippen molar-refractivity contribution in [2.24, 2.45) is 40.9 Å². The van der Waals surface area contributed by atoms with Crippen LogP contribution in [0.1, 0.15) is 127 Å². The van der Waals surface area contributed by atoms with Crippen molar-refractivity contribution in [3.05, 3.63) is 0 Å². The molecule has 2 bridgehead atoms. The first-order chi connectivity index (χ1) is 52.6. The Morgan fingerprint density at radius 2 is 0.965 bits per heavy atom. The number of carboxylic acid groups (broad SMARTS) is 4. The lowest BCUT2D eigenvalue weighted by Crippen LogP contribution is -2.62. The van der Waals surface area contributed by atoms with E-state index in [4.69, 9.17) is 17.2 Å². The highest BCUT2D eigenvalue weighted by atomic mass is 33.1. The SMILES string of the molecule is CC(C)C[C@H](NC(=O)[C@@H]1CSSC[C@@H]2NC(=O)[C@H](CC(C)C)NC(=O)[C@H](CCC(=O)O)NC(=O)[C@@H](NC(=O)[C@H](CCC(=O)O)NC(=O)[C@H](CC(=O)O)NC(=O)[C@@H](N)CC(N)=O)CSSCC(NC(=O)[C@H](C)NC(=O)[C@H](C(C)C)NC(=O)[C@H](CC(N)=O)NC(=O)[C@H](C(C)C)NC2=O)C(=O)N[C@@H]([C@@H](C)O)C(=O)NCC(=O)N1)C(=O)O. The van der Waals surface area contributed by atoms with E-state index in [9.17, 15) is 126 Å². The number of nitrogens with two attached hydrogens (primary N) is 3. The Morgan fingerprint density at radius 1 is 0.469 bits per heavy atom. The number of fused-ring (bicyclic) bond motifs is 37. The van der Waals surface area contributed by atoms with E-state index < -0.39 is 313 Å². The number of rotatable bonds is 28. The second-order valence-electron chi connectivity index (χ2n) is 28.0. The normalized spacial score (nSPS) is 24.5. The molecule has 3 aliphatic heterocycles. The highest BCUT2D eigenvalue weighted by Gasteiger charge is 2.41. The topological polar surface area (TPSA) is 718 Å². The van der Waals surface area contributed by atoms with E-state index in [2.05, 4.69) is 74.4 Å². The number of nitrogens with one attached hydrogen (secondary N) is 15. The molecule has 3 rings (SSSR count). The third-order valence-electron chi connectivity index (χ3n) is 16.4. The average Bonchev–Trinajstić information content (AvgIpc) is 0.954. The first kappa shape index (κ1) is 99.3. The van der Waals surface area contributed by atoms with Crippen LogP contribution in [0.15, 0.2) is 0 Å². The summed E-state index contributed by atoms with van der Waals surface area (Å²) in [4.78, 5) is 288. The summed E-state index contributed by atoms with van der Waals surface area (Å²) in [6.45, 7) is 13.3. The number of carbonyl (C=O) groups is 21. The van der Waals surface area contributed by atoms with Crippen LogP contribution in [0.4, 0.5) is 0 Å². The van der Waals surface area contributed by atoms with Gasteiger partial charge in [-0.2, -0.15) is 0 Å². The van der Waals surface area contributed by atoms with Crippen LogP contribution in [0.2, 0.25) is 0 Å². The van der Waals surface area contributed by atoms with Crippen LogP contribution in [0.5, 0.6) is 0 Å². The molecule has 3 saturated heterocycles. The Bertz CT molecular complexity index is 3490. The zero-order chi connectivity index (χ0) is 86.0. The van der Waals surface area contributed by atoms with E-state index in [0.717, 1.165) is 35.4 Å². The van der Waals surface area contributed by atoms with Crippen molar-refractivity contribution >= 4 is 167 Å². The highest BCUT2D eigenvalue weighted by Crippen LogP contribution is 2.26. The molecule has 3 aliphatic rings. The molecule has 44 nitrogen and oxygen atoms in total. The van der Waals surface area contributed by atoms with Crippen molar-refractivity contribution < 1.29 is 126 Å². The maximum absolute atomic E-state index is 14.9. The number of hydrogen-bond donors (Lipinski definition) is 23. The van der Waals surface area contributed by atoms with Gasteiger partial charge in [0, 0.05) is 35.9 Å². The molecular weight excluding hydrogens is 1580 g/mol. The second kappa shape index (κ2) is 49.0. The van der Waals surface area contributed by atoms with Crippen molar-refractivity contribution in [3.63, 3.8) is 0 Å². The van der Waals surface area contributed by atoms with Crippen LogP contribution in [-0.2, 0) is 101 Å². The van der Waals surface area contributed by atoms with Crippen LogP contribution in [-0.4, -0.2) is 276 Å². The minimum absolute atomic E-state index is 0.111.